The third kappa shape index (κ3) is 6.81. The number of hydrogen-bond acceptors (Lipinski definition) is 3. The number of ether oxygens (including phenoxy) is 1. The first-order valence-corrected chi connectivity index (χ1v) is 7.21. The predicted octanol–water partition coefficient (Wildman–Crippen LogP) is 3.85. The summed E-state index contributed by atoms with van der Waals surface area (Å²) in [5, 5.41) is 5.59. The Labute approximate surface area is 109 Å². The smallest absolute Gasteiger partial charge is 0.0591 e. The molecule has 0 aliphatic heterocycles. The van der Waals surface area contributed by atoms with Gasteiger partial charge < -0.3 is 10.1 Å². The molecule has 98 valence electrons. The number of thiophene rings is 1. The van der Waals surface area contributed by atoms with Gasteiger partial charge >= 0.3 is 0 Å². The minimum absolute atomic E-state index is 0.373. The molecule has 0 aliphatic carbocycles. The molecule has 0 spiro atoms. The number of hydrogen-bond donors (Lipinski definition) is 1. The van der Waals surface area contributed by atoms with Gasteiger partial charge in [0.2, 0.25) is 0 Å². The maximum absolute atomic E-state index is 5.62. The predicted molar refractivity (Wildman–Crippen MR) is 75.6 cm³/mol. The Morgan fingerprint density at radius 1 is 1.35 bits per heavy atom. The molecule has 3 heteroatoms. The first-order chi connectivity index (χ1) is 7.99. The van der Waals surface area contributed by atoms with Gasteiger partial charge in [-0.05, 0) is 30.2 Å². The lowest BCUT2D eigenvalue weighted by Crippen LogP contribution is -2.23. The van der Waals surface area contributed by atoms with Gasteiger partial charge in [0, 0.05) is 24.1 Å². The Balaban J connectivity index is 2.01. The van der Waals surface area contributed by atoms with E-state index in [4.69, 9.17) is 4.74 Å². The van der Waals surface area contributed by atoms with Crippen LogP contribution in [0.15, 0.2) is 17.5 Å². The lowest BCUT2D eigenvalue weighted by atomic mass is 9.93. The van der Waals surface area contributed by atoms with Crippen molar-refractivity contribution in [3.05, 3.63) is 22.4 Å². The van der Waals surface area contributed by atoms with Crippen LogP contribution in [0.25, 0.3) is 0 Å². The van der Waals surface area contributed by atoms with Crippen LogP contribution in [0.5, 0.6) is 0 Å². The molecule has 0 aliphatic rings. The molecule has 17 heavy (non-hydrogen) atoms. The van der Waals surface area contributed by atoms with E-state index in [1.165, 1.54) is 4.88 Å². The summed E-state index contributed by atoms with van der Waals surface area (Å²) in [5.74, 6) is 0. The van der Waals surface area contributed by atoms with E-state index in [0.29, 0.717) is 11.5 Å². The highest BCUT2D eigenvalue weighted by Crippen LogP contribution is 2.18. The third-order valence-corrected chi connectivity index (χ3v) is 3.72. The van der Waals surface area contributed by atoms with Crippen molar-refractivity contribution in [1.29, 1.82) is 0 Å². The molecule has 0 radical (unpaired) electrons. The molecule has 1 aromatic rings. The Bertz CT molecular complexity index is 290. The summed E-state index contributed by atoms with van der Waals surface area (Å²) in [6.07, 6.45) is 1.12. The molecule has 1 aromatic heterocycles. The summed E-state index contributed by atoms with van der Waals surface area (Å²) in [4.78, 5) is 1.39. The molecule has 0 bridgehead atoms. The second kappa shape index (κ2) is 7.14. The Morgan fingerprint density at radius 2 is 2.12 bits per heavy atom. The summed E-state index contributed by atoms with van der Waals surface area (Å²) in [7, 11) is 0. The fourth-order valence-corrected chi connectivity index (χ4v) is 2.23. The topological polar surface area (TPSA) is 21.3 Å². The van der Waals surface area contributed by atoms with E-state index in [2.05, 4.69) is 50.5 Å². The molecule has 1 rings (SSSR count). The molecular formula is C14H25NOS. The second-order valence-corrected chi connectivity index (χ2v) is 6.59. The summed E-state index contributed by atoms with van der Waals surface area (Å²) in [5.41, 5.74) is 0.373. The zero-order chi connectivity index (χ0) is 12.7. The van der Waals surface area contributed by atoms with Crippen LogP contribution < -0.4 is 5.32 Å². The van der Waals surface area contributed by atoms with E-state index >= 15 is 0 Å². The average molecular weight is 255 g/mol. The van der Waals surface area contributed by atoms with Crippen molar-refractivity contribution >= 4 is 11.3 Å². The first kappa shape index (κ1) is 14.7. The first-order valence-electron chi connectivity index (χ1n) is 6.33. The SMILES string of the molecule is CC(NCCOCCC(C)(C)C)c1cccs1. The van der Waals surface area contributed by atoms with Crippen LogP contribution in [0.2, 0.25) is 0 Å². The van der Waals surface area contributed by atoms with E-state index in [1.807, 2.05) is 0 Å². The van der Waals surface area contributed by atoms with Crippen LogP contribution in [0.3, 0.4) is 0 Å². The van der Waals surface area contributed by atoms with Crippen LogP contribution in [0.1, 0.15) is 45.0 Å². The van der Waals surface area contributed by atoms with Crippen molar-refractivity contribution in [2.75, 3.05) is 19.8 Å². The van der Waals surface area contributed by atoms with Gasteiger partial charge in [-0.2, -0.15) is 0 Å². The largest absolute Gasteiger partial charge is 0.380 e. The molecule has 0 amide bonds. The molecule has 1 heterocycles. The third-order valence-electron chi connectivity index (χ3n) is 2.66. The fraction of sp³-hybridized carbons (Fsp3) is 0.714. The van der Waals surface area contributed by atoms with Gasteiger partial charge in [0.05, 0.1) is 6.61 Å². The molecule has 2 nitrogen and oxygen atoms in total. The normalized spacial score (nSPS) is 13.9. The maximum atomic E-state index is 5.62. The van der Waals surface area contributed by atoms with Crippen LogP contribution in [-0.2, 0) is 4.74 Å². The van der Waals surface area contributed by atoms with Crippen molar-refractivity contribution in [1.82, 2.24) is 5.32 Å². The minimum atomic E-state index is 0.373. The lowest BCUT2D eigenvalue weighted by Gasteiger charge is -2.18. The fourth-order valence-electron chi connectivity index (χ4n) is 1.47. The van der Waals surface area contributed by atoms with Crippen molar-refractivity contribution in [3.8, 4) is 0 Å². The molecular weight excluding hydrogens is 230 g/mol. The van der Waals surface area contributed by atoms with E-state index in [9.17, 15) is 0 Å². The van der Waals surface area contributed by atoms with Gasteiger partial charge in [0.15, 0.2) is 0 Å². The maximum Gasteiger partial charge on any atom is 0.0591 e. The van der Waals surface area contributed by atoms with E-state index in [1.54, 1.807) is 11.3 Å². The van der Waals surface area contributed by atoms with Gasteiger partial charge in [0.1, 0.15) is 0 Å². The van der Waals surface area contributed by atoms with Crippen molar-refractivity contribution in [2.24, 2.45) is 5.41 Å². The lowest BCUT2D eigenvalue weighted by molar-refractivity contribution is 0.109. The highest BCUT2D eigenvalue weighted by molar-refractivity contribution is 7.10. The average Bonchev–Trinajstić information content (AvgIpc) is 2.74. The second-order valence-electron chi connectivity index (χ2n) is 5.61. The van der Waals surface area contributed by atoms with Crippen molar-refractivity contribution in [3.63, 3.8) is 0 Å². The van der Waals surface area contributed by atoms with Gasteiger partial charge in [-0.1, -0.05) is 26.8 Å². The molecule has 1 unspecified atom stereocenters. The molecule has 0 fully saturated rings. The summed E-state index contributed by atoms with van der Waals surface area (Å²) in [6.45, 7) is 11.5. The van der Waals surface area contributed by atoms with Crippen LogP contribution in [0.4, 0.5) is 0 Å². The Hall–Kier alpha value is -0.380. The van der Waals surface area contributed by atoms with E-state index in [-0.39, 0.29) is 0 Å². The number of nitrogens with one attached hydrogen (secondary N) is 1. The van der Waals surface area contributed by atoms with Gasteiger partial charge in [-0.3, -0.25) is 0 Å². The molecule has 0 saturated carbocycles. The summed E-state index contributed by atoms with van der Waals surface area (Å²) >= 11 is 1.80. The van der Waals surface area contributed by atoms with E-state index in [0.717, 1.165) is 26.2 Å². The number of rotatable bonds is 7. The standard InChI is InChI=1S/C14H25NOS/c1-12(13-6-5-11-17-13)15-8-10-16-9-7-14(2,3)4/h5-6,11-12,15H,7-10H2,1-4H3. The summed E-state index contributed by atoms with van der Waals surface area (Å²) < 4.78 is 5.62. The van der Waals surface area contributed by atoms with Crippen LogP contribution in [-0.4, -0.2) is 19.8 Å². The van der Waals surface area contributed by atoms with Gasteiger partial charge in [-0.15, -0.1) is 11.3 Å². The van der Waals surface area contributed by atoms with Gasteiger partial charge in [0.25, 0.3) is 0 Å². The van der Waals surface area contributed by atoms with Gasteiger partial charge in [-0.25, -0.2) is 0 Å². The Kier molecular flexibility index (Phi) is 6.17. The van der Waals surface area contributed by atoms with Crippen molar-refractivity contribution in [2.45, 2.75) is 40.2 Å². The van der Waals surface area contributed by atoms with Crippen LogP contribution >= 0.6 is 11.3 Å². The molecule has 0 aromatic carbocycles. The molecule has 1 N–H and O–H groups in total. The monoisotopic (exact) mass is 255 g/mol. The Morgan fingerprint density at radius 3 is 2.71 bits per heavy atom. The van der Waals surface area contributed by atoms with Crippen LogP contribution in [0, 0.1) is 5.41 Å². The molecule has 0 saturated heterocycles. The highest BCUT2D eigenvalue weighted by Gasteiger charge is 2.09. The minimum Gasteiger partial charge on any atom is -0.380 e. The zero-order valence-electron chi connectivity index (χ0n) is 11.5. The van der Waals surface area contributed by atoms with E-state index < -0.39 is 0 Å². The highest BCUT2D eigenvalue weighted by atomic mass is 32.1. The quantitative estimate of drug-likeness (QED) is 0.747. The summed E-state index contributed by atoms with van der Waals surface area (Å²) in [6, 6.07) is 4.70. The molecule has 1 atom stereocenters. The zero-order valence-corrected chi connectivity index (χ0v) is 12.3. The van der Waals surface area contributed by atoms with Crippen molar-refractivity contribution < 1.29 is 4.74 Å².